The van der Waals surface area contributed by atoms with Crippen molar-refractivity contribution in [2.24, 2.45) is 0 Å². The maximum atomic E-state index is 10.7. The molecule has 0 aliphatic carbocycles. The highest BCUT2D eigenvalue weighted by Gasteiger charge is 2.34. The van der Waals surface area contributed by atoms with Gasteiger partial charge in [0.15, 0.2) is 6.10 Å². The zero-order valence-corrected chi connectivity index (χ0v) is 6.19. The lowest BCUT2D eigenvalue weighted by molar-refractivity contribution is -0.161. The number of aliphatic hydroxyl groups is 1. The summed E-state index contributed by atoms with van der Waals surface area (Å²) in [4.78, 5) is 21.1. The second-order valence-corrected chi connectivity index (χ2v) is 2.43. The lowest BCUT2D eigenvalue weighted by Crippen LogP contribution is -2.56. The Hall–Kier alpha value is -1.14. The average Bonchev–Trinajstić information content (AvgIpc) is 2.03. The number of aliphatic carboxylic acids is 1. The van der Waals surface area contributed by atoms with Crippen LogP contribution in [0.2, 0.25) is 0 Å². The predicted octanol–water partition coefficient (Wildman–Crippen LogP) is -2.05. The van der Waals surface area contributed by atoms with Gasteiger partial charge in [0.1, 0.15) is 6.61 Å². The normalized spacial score (nSPS) is 29.6. The third kappa shape index (κ3) is 1.72. The van der Waals surface area contributed by atoms with Crippen LogP contribution in [0.4, 0.5) is 0 Å². The number of nitrogens with one attached hydrogen (secondary N) is 1. The fourth-order valence-electron chi connectivity index (χ4n) is 0.991. The molecule has 0 aromatic heterocycles. The van der Waals surface area contributed by atoms with E-state index >= 15 is 0 Å². The number of carbonyl (C=O) groups is 2. The number of amides is 1. The van der Waals surface area contributed by atoms with Crippen molar-refractivity contribution in [3.8, 4) is 0 Å². The summed E-state index contributed by atoms with van der Waals surface area (Å²) in [5.74, 6) is -1.60. The Bertz CT molecular complexity index is 204. The maximum absolute atomic E-state index is 10.7. The third-order valence-corrected chi connectivity index (χ3v) is 1.55. The van der Waals surface area contributed by atoms with Crippen LogP contribution in [0.15, 0.2) is 0 Å². The van der Waals surface area contributed by atoms with Crippen molar-refractivity contribution in [1.82, 2.24) is 5.32 Å². The molecule has 0 saturated carbocycles. The molecule has 0 spiro atoms. The number of morpholine rings is 1. The zero-order valence-electron chi connectivity index (χ0n) is 6.19. The lowest BCUT2D eigenvalue weighted by Gasteiger charge is -2.27. The third-order valence-electron chi connectivity index (χ3n) is 1.55. The molecule has 0 bridgehead atoms. The molecule has 0 aromatic carbocycles. The number of carbonyl (C=O) groups excluding carboxylic acids is 1. The molecule has 3 N–H and O–H groups in total. The highest BCUT2D eigenvalue weighted by atomic mass is 16.5. The monoisotopic (exact) mass is 175 g/mol. The van der Waals surface area contributed by atoms with Crippen molar-refractivity contribution in [3.05, 3.63) is 0 Å². The maximum Gasteiger partial charge on any atom is 0.335 e. The standard InChI is InChI=1S/C6H9NO5/c8-1-3-5(6(10)11)12-2-4(9)7-3/h3,5,8H,1-2H2,(H,7,9)(H,10,11). The van der Waals surface area contributed by atoms with Gasteiger partial charge in [-0.3, -0.25) is 4.79 Å². The first-order chi connectivity index (χ1) is 5.65. The van der Waals surface area contributed by atoms with E-state index in [1.807, 2.05) is 0 Å². The summed E-state index contributed by atoms with van der Waals surface area (Å²) in [6.45, 7) is -0.712. The summed E-state index contributed by atoms with van der Waals surface area (Å²) in [5.41, 5.74) is 0. The minimum absolute atomic E-state index is 0.270. The number of hydrogen-bond acceptors (Lipinski definition) is 4. The van der Waals surface area contributed by atoms with E-state index in [-0.39, 0.29) is 6.61 Å². The fraction of sp³-hybridized carbons (Fsp3) is 0.667. The number of aliphatic hydroxyl groups excluding tert-OH is 1. The molecule has 0 radical (unpaired) electrons. The molecule has 1 aliphatic heterocycles. The van der Waals surface area contributed by atoms with Gasteiger partial charge in [-0.15, -0.1) is 0 Å². The Balaban J connectivity index is 2.62. The molecule has 1 saturated heterocycles. The van der Waals surface area contributed by atoms with E-state index in [9.17, 15) is 9.59 Å². The highest BCUT2D eigenvalue weighted by Crippen LogP contribution is 2.04. The van der Waals surface area contributed by atoms with Crippen molar-refractivity contribution >= 4 is 11.9 Å². The topological polar surface area (TPSA) is 95.9 Å². The van der Waals surface area contributed by atoms with Crippen molar-refractivity contribution < 1.29 is 24.5 Å². The molecular formula is C6H9NO5. The van der Waals surface area contributed by atoms with Gasteiger partial charge in [0.2, 0.25) is 5.91 Å². The van der Waals surface area contributed by atoms with E-state index in [1.54, 1.807) is 0 Å². The number of hydrogen-bond donors (Lipinski definition) is 3. The predicted molar refractivity (Wildman–Crippen MR) is 36.4 cm³/mol. The van der Waals surface area contributed by atoms with E-state index < -0.39 is 30.6 Å². The van der Waals surface area contributed by atoms with Crippen LogP contribution >= 0.6 is 0 Å². The SMILES string of the molecule is O=C1COC(C(=O)O)C(CO)N1. The minimum Gasteiger partial charge on any atom is -0.479 e. The minimum atomic E-state index is -1.19. The molecule has 1 amide bonds. The summed E-state index contributed by atoms with van der Waals surface area (Å²) in [7, 11) is 0. The van der Waals surface area contributed by atoms with E-state index in [2.05, 4.69) is 10.1 Å². The van der Waals surface area contributed by atoms with Crippen LogP contribution in [0.1, 0.15) is 0 Å². The van der Waals surface area contributed by atoms with Crippen LogP contribution in [-0.2, 0) is 14.3 Å². The van der Waals surface area contributed by atoms with Crippen LogP contribution < -0.4 is 5.32 Å². The summed E-state index contributed by atoms with van der Waals surface area (Å²) < 4.78 is 4.68. The van der Waals surface area contributed by atoms with Gasteiger partial charge in [-0.2, -0.15) is 0 Å². The molecule has 1 heterocycles. The molecule has 2 atom stereocenters. The first-order valence-corrected chi connectivity index (χ1v) is 3.39. The van der Waals surface area contributed by atoms with E-state index in [0.717, 1.165) is 0 Å². The Morgan fingerprint density at radius 2 is 2.42 bits per heavy atom. The quantitative estimate of drug-likeness (QED) is 0.448. The lowest BCUT2D eigenvalue weighted by atomic mass is 10.1. The molecule has 12 heavy (non-hydrogen) atoms. The molecule has 1 rings (SSSR count). The van der Waals surface area contributed by atoms with Crippen molar-refractivity contribution in [3.63, 3.8) is 0 Å². The van der Waals surface area contributed by atoms with E-state index in [4.69, 9.17) is 10.2 Å². The first-order valence-electron chi connectivity index (χ1n) is 3.39. The molecular weight excluding hydrogens is 166 g/mol. The molecule has 1 aliphatic rings. The van der Waals surface area contributed by atoms with Gasteiger partial charge in [0, 0.05) is 0 Å². The molecule has 6 nitrogen and oxygen atoms in total. The summed E-state index contributed by atoms with van der Waals surface area (Å²) in [6, 6.07) is -0.844. The van der Waals surface area contributed by atoms with Crippen LogP contribution in [0.25, 0.3) is 0 Å². The number of carboxylic acid groups (broad SMARTS) is 1. The summed E-state index contributed by atoms with van der Waals surface area (Å²) in [5, 5.41) is 19.5. The second-order valence-electron chi connectivity index (χ2n) is 2.43. The molecule has 68 valence electrons. The fourth-order valence-corrected chi connectivity index (χ4v) is 0.991. The van der Waals surface area contributed by atoms with Crippen LogP contribution in [-0.4, -0.2) is 47.4 Å². The summed E-state index contributed by atoms with van der Waals surface area (Å²) >= 11 is 0. The number of ether oxygens (including phenoxy) is 1. The smallest absolute Gasteiger partial charge is 0.335 e. The van der Waals surface area contributed by atoms with Gasteiger partial charge in [0.25, 0.3) is 0 Å². The van der Waals surface area contributed by atoms with Gasteiger partial charge in [-0.05, 0) is 0 Å². The largest absolute Gasteiger partial charge is 0.479 e. The second kappa shape index (κ2) is 3.51. The van der Waals surface area contributed by atoms with Gasteiger partial charge < -0.3 is 20.3 Å². The van der Waals surface area contributed by atoms with Gasteiger partial charge in [-0.1, -0.05) is 0 Å². The Morgan fingerprint density at radius 1 is 1.75 bits per heavy atom. The Kier molecular flexibility index (Phi) is 2.61. The molecule has 0 aromatic rings. The molecule has 6 heteroatoms. The van der Waals surface area contributed by atoms with Gasteiger partial charge in [0.05, 0.1) is 12.6 Å². The number of rotatable bonds is 2. The van der Waals surface area contributed by atoms with Crippen LogP contribution in [0, 0.1) is 0 Å². The molecule has 1 fully saturated rings. The Morgan fingerprint density at radius 3 is 2.92 bits per heavy atom. The Labute approximate surface area is 68.1 Å². The van der Waals surface area contributed by atoms with Gasteiger partial charge in [-0.25, -0.2) is 4.79 Å². The first kappa shape index (κ1) is 8.95. The van der Waals surface area contributed by atoms with Crippen LogP contribution in [0.5, 0.6) is 0 Å². The summed E-state index contributed by atoms with van der Waals surface area (Å²) in [6.07, 6.45) is -1.15. The van der Waals surface area contributed by atoms with Crippen molar-refractivity contribution in [1.29, 1.82) is 0 Å². The van der Waals surface area contributed by atoms with Crippen molar-refractivity contribution in [2.45, 2.75) is 12.1 Å². The highest BCUT2D eigenvalue weighted by molar-refractivity contribution is 5.82. The average molecular weight is 175 g/mol. The molecule has 2 unspecified atom stereocenters. The zero-order chi connectivity index (χ0) is 9.14. The van der Waals surface area contributed by atoms with E-state index in [1.165, 1.54) is 0 Å². The van der Waals surface area contributed by atoms with Gasteiger partial charge >= 0.3 is 5.97 Å². The van der Waals surface area contributed by atoms with Crippen molar-refractivity contribution in [2.75, 3.05) is 13.2 Å². The number of carboxylic acids is 1. The van der Waals surface area contributed by atoms with E-state index in [0.29, 0.717) is 0 Å². The van der Waals surface area contributed by atoms with Crippen LogP contribution in [0.3, 0.4) is 0 Å².